The maximum atomic E-state index is 11.8. The molecule has 0 aliphatic carbocycles. The lowest BCUT2D eigenvalue weighted by molar-refractivity contribution is -0.137. The molecule has 2 rings (SSSR count). The molecule has 102 valence electrons. The van der Waals surface area contributed by atoms with Crippen LogP contribution in [0.5, 0.6) is 0 Å². The third-order valence-electron chi connectivity index (χ3n) is 3.87. The van der Waals surface area contributed by atoms with Gasteiger partial charge in [-0.15, -0.1) is 0 Å². The summed E-state index contributed by atoms with van der Waals surface area (Å²) in [5.41, 5.74) is 0. The van der Waals surface area contributed by atoms with Crippen LogP contribution in [0.4, 0.5) is 0 Å². The third-order valence-corrected chi connectivity index (χ3v) is 3.87. The fourth-order valence-electron chi connectivity index (χ4n) is 2.47. The minimum atomic E-state index is -0.259. The van der Waals surface area contributed by atoms with E-state index in [4.69, 9.17) is 0 Å². The summed E-state index contributed by atoms with van der Waals surface area (Å²) in [7, 11) is 3.49. The topological polar surface area (TPSA) is 55.9 Å². The molecule has 0 aromatic carbocycles. The molecule has 1 N–H and O–H groups in total. The third kappa shape index (κ3) is 2.88. The summed E-state index contributed by atoms with van der Waals surface area (Å²) in [5.74, 6) is -0.137. The van der Waals surface area contributed by atoms with Gasteiger partial charge < -0.3 is 5.32 Å². The van der Waals surface area contributed by atoms with Crippen molar-refractivity contribution in [1.82, 2.24) is 20.0 Å². The number of carbonyl (C=O) groups excluding carboxylic acids is 2. The second-order valence-corrected chi connectivity index (χ2v) is 5.08. The van der Waals surface area contributed by atoms with E-state index in [9.17, 15) is 9.59 Å². The molecule has 18 heavy (non-hydrogen) atoms. The van der Waals surface area contributed by atoms with Crippen molar-refractivity contribution in [1.29, 1.82) is 0 Å². The molecule has 0 aromatic heterocycles. The van der Waals surface area contributed by atoms with E-state index in [1.54, 1.807) is 7.05 Å². The molecule has 0 spiro atoms. The Morgan fingerprint density at radius 3 is 2.56 bits per heavy atom. The van der Waals surface area contributed by atoms with Crippen LogP contribution < -0.4 is 5.32 Å². The molecule has 1 unspecified atom stereocenters. The molecular weight excluding hydrogens is 232 g/mol. The van der Waals surface area contributed by atoms with Crippen LogP contribution in [0.25, 0.3) is 0 Å². The predicted molar refractivity (Wildman–Crippen MR) is 68.1 cm³/mol. The van der Waals surface area contributed by atoms with E-state index < -0.39 is 0 Å². The summed E-state index contributed by atoms with van der Waals surface area (Å²) in [6.45, 7) is 5.98. The van der Waals surface area contributed by atoms with Gasteiger partial charge >= 0.3 is 0 Å². The molecule has 2 saturated heterocycles. The Morgan fingerprint density at radius 1 is 1.33 bits per heavy atom. The highest BCUT2D eigenvalue weighted by Crippen LogP contribution is 2.15. The number of hydrogen-bond acceptors (Lipinski definition) is 5. The first-order chi connectivity index (χ1) is 8.59. The summed E-state index contributed by atoms with van der Waals surface area (Å²) >= 11 is 0. The fourth-order valence-corrected chi connectivity index (χ4v) is 2.47. The lowest BCUT2D eigenvalue weighted by atomic mass is 10.2. The van der Waals surface area contributed by atoms with Crippen LogP contribution in [0.2, 0.25) is 0 Å². The van der Waals surface area contributed by atoms with Crippen molar-refractivity contribution in [2.75, 3.05) is 53.4 Å². The largest absolute Gasteiger partial charge is 0.314 e. The molecule has 2 aliphatic heterocycles. The molecule has 1 atom stereocenters. The van der Waals surface area contributed by atoms with Crippen LogP contribution in [0.15, 0.2) is 0 Å². The first kappa shape index (κ1) is 13.5. The number of nitrogens with one attached hydrogen (secondary N) is 1. The number of carbonyl (C=O) groups is 2. The lowest BCUT2D eigenvalue weighted by Crippen LogP contribution is -2.48. The number of likely N-dealkylation sites (tertiary alicyclic amines) is 1. The van der Waals surface area contributed by atoms with Gasteiger partial charge in [0.2, 0.25) is 11.8 Å². The zero-order chi connectivity index (χ0) is 13.1. The van der Waals surface area contributed by atoms with Crippen molar-refractivity contribution in [3.05, 3.63) is 0 Å². The minimum absolute atomic E-state index is 0.0668. The van der Waals surface area contributed by atoms with Crippen molar-refractivity contribution < 1.29 is 9.59 Å². The predicted octanol–water partition coefficient (Wildman–Crippen LogP) is -1.42. The molecular formula is C12H22N4O2. The number of likely N-dealkylation sites (N-methyl/N-ethyl adjacent to an activating group) is 2. The highest BCUT2D eigenvalue weighted by atomic mass is 16.2. The van der Waals surface area contributed by atoms with Crippen molar-refractivity contribution in [3.8, 4) is 0 Å². The van der Waals surface area contributed by atoms with E-state index in [0.29, 0.717) is 6.42 Å². The molecule has 6 heteroatoms. The Hall–Kier alpha value is -0.980. The van der Waals surface area contributed by atoms with Crippen molar-refractivity contribution in [2.24, 2.45) is 0 Å². The zero-order valence-electron chi connectivity index (χ0n) is 11.2. The molecule has 0 saturated carbocycles. The van der Waals surface area contributed by atoms with E-state index in [2.05, 4.69) is 10.2 Å². The number of piperazine rings is 1. The normalized spacial score (nSPS) is 26.4. The zero-order valence-corrected chi connectivity index (χ0v) is 11.2. The quantitative estimate of drug-likeness (QED) is 0.624. The van der Waals surface area contributed by atoms with Gasteiger partial charge in [0.1, 0.15) is 0 Å². The van der Waals surface area contributed by atoms with Crippen LogP contribution >= 0.6 is 0 Å². The van der Waals surface area contributed by atoms with Gasteiger partial charge in [0.05, 0.1) is 12.5 Å². The Kier molecular flexibility index (Phi) is 4.31. The van der Waals surface area contributed by atoms with E-state index in [-0.39, 0.29) is 17.9 Å². The van der Waals surface area contributed by atoms with Gasteiger partial charge in [0.25, 0.3) is 0 Å². The number of amides is 2. The van der Waals surface area contributed by atoms with Gasteiger partial charge in [0, 0.05) is 46.3 Å². The van der Waals surface area contributed by atoms with Gasteiger partial charge in [-0.1, -0.05) is 0 Å². The van der Waals surface area contributed by atoms with Crippen molar-refractivity contribution in [3.63, 3.8) is 0 Å². The van der Waals surface area contributed by atoms with E-state index in [1.807, 2.05) is 11.9 Å². The average molecular weight is 254 g/mol. The van der Waals surface area contributed by atoms with Crippen LogP contribution in [0.3, 0.4) is 0 Å². The first-order valence-corrected chi connectivity index (χ1v) is 6.53. The highest BCUT2D eigenvalue weighted by molar-refractivity contribution is 6.05. The van der Waals surface area contributed by atoms with Crippen LogP contribution in [0.1, 0.15) is 6.42 Å². The summed E-state index contributed by atoms with van der Waals surface area (Å²) < 4.78 is 0. The van der Waals surface area contributed by atoms with Gasteiger partial charge in [0.15, 0.2) is 0 Å². The second-order valence-electron chi connectivity index (χ2n) is 5.08. The molecule has 2 amide bonds. The second kappa shape index (κ2) is 5.77. The maximum Gasteiger partial charge on any atom is 0.246 e. The SMILES string of the molecule is CN1C(=O)CC(N(C)CCN2CCNCC2)C1=O. The number of imide groups is 1. The van der Waals surface area contributed by atoms with E-state index in [1.165, 1.54) is 4.90 Å². The molecule has 2 aliphatic rings. The molecule has 0 aromatic rings. The van der Waals surface area contributed by atoms with Crippen LogP contribution in [-0.2, 0) is 9.59 Å². The smallest absolute Gasteiger partial charge is 0.246 e. The highest BCUT2D eigenvalue weighted by Gasteiger charge is 2.38. The molecule has 0 radical (unpaired) electrons. The maximum absolute atomic E-state index is 11.8. The molecule has 2 fully saturated rings. The Bertz CT molecular complexity index is 328. The fraction of sp³-hybridized carbons (Fsp3) is 0.833. The van der Waals surface area contributed by atoms with Gasteiger partial charge in [-0.3, -0.25) is 24.3 Å². The van der Waals surface area contributed by atoms with E-state index in [0.717, 1.165) is 39.3 Å². The summed E-state index contributed by atoms with van der Waals surface area (Å²) in [6.07, 6.45) is 0.327. The molecule has 6 nitrogen and oxygen atoms in total. The molecule has 2 heterocycles. The number of rotatable bonds is 4. The van der Waals surface area contributed by atoms with Crippen LogP contribution in [0, 0.1) is 0 Å². The van der Waals surface area contributed by atoms with Crippen molar-refractivity contribution >= 4 is 11.8 Å². The van der Waals surface area contributed by atoms with E-state index >= 15 is 0 Å². The standard InChI is InChI=1S/C12H22N4O2/c1-14(7-8-16-5-3-13-4-6-16)10-9-11(17)15(2)12(10)18/h10,13H,3-9H2,1-2H3. The minimum Gasteiger partial charge on any atom is -0.314 e. The monoisotopic (exact) mass is 254 g/mol. The Balaban J connectivity index is 1.79. The Morgan fingerprint density at radius 2 is 2.00 bits per heavy atom. The first-order valence-electron chi connectivity index (χ1n) is 6.53. The molecule has 0 bridgehead atoms. The van der Waals surface area contributed by atoms with Crippen LogP contribution in [-0.4, -0.2) is 85.9 Å². The van der Waals surface area contributed by atoms with Gasteiger partial charge in [-0.05, 0) is 7.05 Å². The summed E-state index contributed by atoms with van der Waals surface area (Å²) in [4.78, 5) is 28.9. The lowest BCUT2D eigenvalue weighted by Gasteiger charge is -2.30. The van der Waals surface area contributed by atoms with Crippen molar-refractivity contribution in [2.45, 2.75) is 12.5 Å². The van der Waals surface area contributed by atoms with Gasteiger partial charge in [-0.2, -0.15) is 0 Å². The number of nitrogens with zero attached hydrogens (tertiary/aromatic N) is 3. The summed E-state index contributed by atoms with van der Waals surface area (Å²) in [6, 6.07) is -0.259. The average Bonchev–Trinajstić information content (AvgIpc) is 2.65. The Labute approximate surface area is 108 Å². The summed E-state index contributed by atoms with van der Waals surface area (Å²) in [5, 5.41) is 3.32. The van der Waals surface area contributed by atoms with Gasteiger partial charge in [-0.25, -0.2) is 0 Å². The number of hydrogen-bond donors (Lipinski definition) is 1.